The minimum Gasteiger partial charge on any atom is -0.379 e. The summed E-state index contributed by atoms with van der Waals surface area (Å²) >= 11 is 0. The molecule has 208 valence electrons. The van der Waals surface area contributed by atoms with Crippen molar-refractivity contribution in [3.8, 4) is 0 Å². The van der Waals surface area contributed by atoms with Gasteiger partial charge in [-0.3, -0.25) is 9.59 Å². The smallest absolute Gasteiger partial charge is 0.220 e. The zero-order chi connectivity index (χ0) is 26.4. The van der Waals surface area contributed by atoms with Crippen LogP contribution >= 0.6 is 0 Å². The van der Waals surface area contributed by atoms with E-state index in [0.29, 0.717) is 72.0 Å². The molecule has 0 aliphatic carbocycles. The number of carbonyl (C=O) groups excluding carboxylic acids is 2. The topological polar surface area (TPSA) is 107 Å². The Kier molecular flexibility index (Phi) is 20.1. The molecule has 0 unspecified atom stereocenters. The van der Waals surface area contributed by atoms with E-state index in [0.717, 1.165) is 32.4 Å². The van der Waals surface area contributed by atoms with Gasteiger partial charge < -0.3 is 34.9 Å². The molecule has 9 heteroatoms. The fourth-order valence-electron chi connectivity index (χ4n) is 2.85. The van der Waals surface area contributed by atoms with Crippen molar-refractivity contribution in [2.75, 3.05) is 65.9 Å². The van der Waals surface area contributed by atoms with E-state index in [1.807, 2.05) is 20.8 Å². The molecule has 0 bridgehead atoms. The van der Waals surface area contributed by atoms with E-state index < -0.39 is 0 Å². The molecule has 35 heavy (non-hydrogen) atoms. The number of hydrogen-bond donors (Lipinski definition) is 3. The molecule has 0 fully saturated rings. The van der Waals surface area contributed by atoms with E-state index in [4.69, 9.17) is 18.9 Å². The van der Waals surface area contributed by atoms with Crippen LogP contribution in [0.15, 0.2) is 0 Å². The number of ether oxygens (including phenoxy) is 4. The van der Waals surface area contributed by atoms with Crippen molar-refractivity contribution in [3.05, 3.63) is 0 Å². The standard InChI is InChI=1S/C26H53N3O6/c1-25(2,3)29-15-10-17-33-20-22-34-21-19-32-16-8-13-27-23(30)11-7-12-24(31)28-14-9-18-35-26(4,5)6/h29H,7-22H2,1-6H3,(H,27,30)(H,28,31). The first kappa shape index (κ1) is 33.7. The van der Waals surface area contributed by atoms with Crippen LogP contribution in [-0.2, 0) is 28.5 Å². The van der Waals surface area contributed by atoms with Gasteiger partial charge in [-0.15, -0.1) is 0 Å². The summed E-state index contributed by atoms with van der Waals surface area (Å²) in [5.74, 6) is -0.0574. The minimum absolute atomic E-state index is 0.0239. The van der Waals surface area contributed by atoms with E-state index >= 15 is 0 Å². The quantitative estimate of drug-likeness (QED) is 0.195. The summed E-state index contributed by atoms with van der Waals surface area (Å²) in [6.07, 6.45) is 3.76. The summed E-state index contributed by atoms with van der Waals surface area (Å²) in [5, 5.41) is 9.14. The monoisotopic (exact) mass is 503 g/mol. The second-order valence-corrected chi connectivity index (χ2v) is 10.6. The molecular formula is C26H53N3O6. The summed E-state index contributed by atoms with van der Waals surface area (Å²) < 4.78 is 22.1. The Morgan fingerprint density at radius 3 is 1.46 bits per heavy atom. The third kappa shape index (κ3) is 28.9. The molecule has 0 rings (SSSR count). The maximum Gasteiger partial charge on any atom is 0.220 e. The predicted molar refractivity (Wildman–Crippen MR) is 140 cm³/mol. The van der Waals surface area contributed by atoms with Crippen LogP contribution in [0.4, 0.5) is 0 Å². The second kappa shape index (κ2) is 20.9. The molecular weight excluding hydrogens is 450 g/mol. The maximum absolute atomic E-state index is 11.8. The molecule has 0 aromatic rings. The molecule has 0 atom stereocenters. The molecule has 9 nitrogen and oxygen atoms in total. The van der Waals surface area contributed by atoms with Crippen molar-refractivity contribution in [1.29, 1.82) is 0 Å². The summed E-state index contributed by atoms with van der Waals surface area (Å²) in [7, 11) is 0. The fraction of sp³-hybridized carbons (Fsp3) is 0.923. The summed E-state index contributed by atoms with van der Waals surface area (Å²) in [6, 6.07) is 0. The maximum atomic E-state index is 11.8. The van der Waals surface area contributed by atoms with Gasteiger partial charge in [-0.2, -0.15) is 0 Å². The first-order chi connectivity index (χ1) is 16.5. The minimum atomic E-state index is -0.155. The van der Waals surface area contributed by atoms with Crippen molar-refractivity contribution >= 4 is 11.8 Å². The van der Waals surface area contributed by atoms with Gasteiger partial charge in [-0.1, -0.05) is 0 Å². The van der Waals surface area contributed by atoms with Gasteiger partial charge in [0.2, 0.25) is 11.8 Å². The van der Waals surface area contributed by atoms with E-state index in [-0.39, 0.29) is 23.0 Å². The van der Waals surface area contributed by atoms with Gasteiger partial charge in [0.05, 0.1) is 32.0 Å². The largest absolute Gasteiger partial charge is 0.379 e. The van der Waals surface area contributed by atoms with Crippen LogP contribution in [-0.4, -0.2) is 88.8 Å². The van der Waals surface area contributed by atoms with Gasteiger partial charge in [0, 0.05) is 51.3 Å². The van der Waals surface area contributed by atoms with E-state index in [2.05, 4.69) is 36.7 Å². The molecule has 2 amide bonds. The van der Waals surface area contributed by atoms with Crippen LogP contribution in [0.5, 0.6) is 0 Å². The molecule has 0 saturated carbocycles. The highest BCUT2D eigenvalue weighted by Gasteiger charge is 2.09. The number of carbonyl (C=O) groups is 2. The van der Waals surface area contributed by atoms with Gasteiger partial charge in [0.15, 0.2) is 0 Å². The highest BCUT2D eigenvalue weighted by Crippen LogP contribution is 2.06. The lowest BCUT2D eigenvalue weighted by atomic mass is 10.1. The molecule has 3 N–H and O–H groups in total. The number of amides is 2. The van der Waals surface area contributed by atoms with Crippen LogP contribution < -0.4 is 16.0 Å². The number of nitrogens with one attached hydrogen (secondary N) is 3. The highest BCUT2D eigenvalue weighted by atomic mass is 16.5. The fourth-order valence-corrected chi connectivity index (χ4v) is 2.85. The Morgan fingerprint density at radius 1 is 0.571 bits per heavy atom. The second-order valence-electron chi connectivity index (χ2n) is 10.6. The van der Waals surface area contributed by atoms with Gasteiger partial charge in [-0.05, 0) is 73.8 Å². The summed E-state index contributed by atoms with van der Waals surface area (Å²) in [4.78, 5) is 23.6. The molecule has 0 aromatic carbocycles. The van der Waals surface area contributed by atoms with E-state index in [1.54, 1.807) is 0 Å². The van der Waals surface area contributed by atoms with Crippen molar-refractivity contribution in [2.45, 2.75) is 91.2 Å². The van der Waals surface area contributed by atoms with Crippen molar-refractivity contribution in [3.63, 3.8) is 0 Å². The van der Waals surface area contributed by atoms with Crippen molar-refractivity contribution in [1.82, 2.24) is 16.0 Å². The summed E-state index contributed by atoms with van der Waals surface area (Å²) in [5.41, 5.74) is -0.00623. The number of rotatable bonds is 22. The normalized spacial score (nSPS) is 12.1. The van der Waals surface area contributed by atoms with Crippen LogP contribution in [0.25, 0.3) is 0 Å². The molecule has 0 saturated heterocycles. The Labute approximate surface area is 213 Å². The summed E-state index contributed by atoms with van der Waals surface area (Å²) in [6.45, 7) is 18.7. The molecule has 0 spiro atoms. The Bertz CT molecular complexity index is 532. The van der Waals surface area contributed by atoms with Crippen LogP contribution in [0.2, 0.25) is 0 Å². The van der Waals surface area contributed by atoms with Gasteiger partial charge in [-0.25, -0.2) is 0 Å². The molecule has 0 aliphatic heterocycles. The Morgan fingerprint density at radius 2 is 1.00 bits per heavy atom. The van der Waals surface area contributed by atoms with Crippen LogP contribution in [0, 0.1) is 0 Å². The zero-order valence-corrected chi connectivity index (χ0v) is 23.3. The van der Waals surface area contributed by atoms with Crippen LogP contribution in [0.3, 0.4) is 0 Å². The number of hydrogen-bond acceptors (Lipinski definition) is 7. The first-order valence-corrected chi connectivity index (χ1v) is 13.2. The van der Waals surface area contributed by atoms with E-state index in [9.17, 15) is 9.59 Å². The van der Waals surface area contributed by atoms with E-state index in [1.165, 1.54) is 0 Å². The molecule has 0 heterocycles. The lowest BCUT2D eigenvalue weighted by Crippen LogP contribution is -2.36. The molecule has 0 aromatic heterocycles. The lowest BCUT2D eigenvalue weighted by Gasteiger charge is -2.20. The molecule has 0 aliphatic rings. The highest BCUT2D eigenvalue weighted by molar-refractivity contribution is 5.78. The predicted octanol–water partition coefficient (Wildman–Crippen LogP) is 2.81. The first-order valence-electron chi connectivity index (χ1n) is 13.2. The third-order valence-electron chi connectivity index (χ3n) is 4.64. The molecule has 0 radical (unpaired) electrons. The Balaban J connectivity index is 3.33. The van der Waals surface area contributed by atoms with Gasteiger partial charge >= 0.3 is 0 Å². The lowest BCUT2D eigenvalue weighted by molar-refractivity contribution is -0.122. The van der Waals surface area contributed by atoms with Crippen molar-refractivity contribution in [2.24, 2.45) is 0 Å². The van der Waals surface area contributed by atoms with Crippen LogP contribution in [0.1, 0.15) is 80.1 Å². The Hall–Kier alpha value is -1.26. The van der Waals surface area contributed by atoms with Gasteiger partial charge in [0.1, 0.15) is 0 Å². The third-order valence-corrected chi connectivity index (χ3v) is 4.64. The zero-order valence-electron chi connectivity index (χ0n) is 23.3. The average Bonchev–Trinajstić information content (AvgIpc) is 2.74. The van der Waals surface area contributed by atoms with Crippen molar-refractivity contribution < 1.29 is 28.5 Å². The average molecular weight is 504 g/mol. The van der Waals surface area contributed by atoms with Gasteiger partial charge in [0.25, 0.3) is 0 Å². The SMILES string of the molecule is CC(C)(C)NCCCOCCOCCOCCCNC(=O)CCCC(=O)NCCCOC(C)(C)C.